The van der Waals surface area contributed by atoms with Gasteiger partial charge in [-0.15, -0.1) is 0 Å². The van der Waals surface area contributed by atoms with Gasteiger partial charge in [0.25, 0.3) is 0 Å². The summed E-state index contributed by atoms with van der Waals surface area (Å²) < 4.78 is 12.0. The summed E-state index contributed by atoms with van der Waals surface area (Å²) in [7, 11) is 3.84. The molecular formula is C15H22BrNO2. The molecule has 1 saturated heterocycles. The van der Waals surface area contributed by atoms with Crippen LogP contribution in [0.5, 0.6) is 5.75 Å². The van der Waals surface area contributed by atoms with E-state index in [0.29, 0.717) is 6.10 Å². The molecule has 1 fully saturated rings. The van der Waals surface area contributed by atoms with Gasteiger partial charge in [-0.1, -0.05) is 6.07 Å². The van der Waals surface area contributed by atoms with Gasteiger partial charge in [0.05, 0.1) is 17.7 Å². The molecule has 1 aromatic carbocycles. The van der Waals surface area contributed by atoms with Crippen LogP contribution in [0, 0.1) is 0 Å². The first-order valence-electron chi connectivity index (χ1n) is 6.81. The quantitative estimate of drug-likeness (QED) is 0.826. The second-order valence-electron chi connectivity index (χ2n) is 5.15. The van der Waals surface area contributed by atoms with E-state index >= 15 is 0 Å². The highest BCUT2D eigenvalue weighted by Gasteiger charge is 2.16. The SMILES string of the molecule is COc1ccc(CN(C)CC2CCCCO2)cc1Br. The van der Waals surface area contributed by atoms with E-state index < -0.39 is 0 Å². The Morgan fingerprint density at radius 3 is 2.89 bits per heavy atom. The lowest BCUT2D eigenvalue weighted by Crippen LogP contribution is -2.33. The summed E-state index contributed by atoms with van der Waals surface area (Å²) in [4.78, 5) is 2.32. The highest BCUT2D eigenvalue weighted by molar-refractivity contribution is 9.10. The lowest BCUT2D eigenvalue weighted by atomic mass is 10.1. The summed E-state index contributed by atoms with van der Waals surface area (Å²) in [5.74, 6) is 0.877. The van der Waals surface area contributed by atoms with Crippen LogP contribution < -0.4 is 4.74 Å². The van der Waals surface area contributed by atoms with Gasteiger partial charge in [-0.3, -0.25) is 4.90 Å². The predicted octanol–water partition coefficient (Wildman–Crippen LogP) is 3.46. The number of benzene rings is 1. The van der Waals surface area contributed by atoms with E-state index in [1.807, 2.05) is 6.07 Å². The topological polar surface area (TPSA) is 21.7 Å². The van der Waals surface area contributed by atoms with Gasteiger partial charge in [-0.2, -0.15) is 0 Å². The smallest absolute Gasteiger partial charge is 0.133 e. The minimum Gasteiger partial charge on any atom is -0.496 e. The monoisotopic (exact) mass is 327 g/mol. The Labute approximate surface area is 124 Å². The molecule has 0 aromatic heterocycles. The Hall–Kier alpha value is -0.580. The summed E-state index contributed by atoms with van der Waals surface area (Å²) in [6.45, 7) is 2.86. The average Bonchev–Trinajstić information content (AvgIpc) is 2.40. The van der Waals surface area contributed by atoms with Crippen molar-refractivity contribution in [2.45, 2.75) is 31.9 Å². The third-order valence-electron chi connectivity index (χ3n) is 3.46. The van der Waals surface area contributed by atoms with Gasteiger partial charge in [0.2, 0.25) is 0 Å². The van der Waals surface area contributed by atoms with E-state index in [0.717, 1.165) is 29.9 Å². The van der Waals surface area contributed by atoms with Crippen molar-refractivity contribution < 1.29 is 9.47 Å². The van der Waals surface area contributed by atoms with Gasteiger partial charge < -0.3 is 9.47 Å². The summed E-state index contributed by atoms with van der Waals surface area (Å²) in [6, 6.07) is 6.24. The molecule has 0 N–H and O–H groups in total. The first kappa shape index (κ1) is 14.8. The molecule has 1 heterocycles. The lowest BCUT2D eigenvalue weighted by Gasteiger charge is -2.27. The van der Waals surface area contributed by atoms with Crippen LogP contribution in [0.15, 0.2) is 22.7 Å². The zero-order valence-electron chi connectivity index (χ0n) is 11.7. The Bertz CT molecular complexity index is 405. The highest BCUT2D eigenvalue weighted by Crippen LogP contribution is 2.26. The zero-order chi connectivity index (χ0) is 13.7. The van der Waals surface area contributed by atoms with Crippen LogP contribution in [0.3, 0.4) is 0 Å². The number of hydrogen-bond donors (Lipinski definition) is 0. The van der Waals surface area contributed by atoms with Gasteiger partial charge in [0.15, 0.2) is 0 Å². The van der Waals surface area contributed by atoms with Gasteiger partial charge in [0, 0.05) is 19.7 Å². The van der Waals surface area contributed by atoms with Crippen LogP contribution in [-0.4, -0.2) is 38.3 Å². The van der Waals surface area contributed by atoms with Crippen molar-refractivity contribution in [1.82, 2.24) is 4.90 Å². The fourth-order valence-corrected chi connectivity index (χ4v) is 3.07. The summed E-state index contributed by atoms with van der Waals surface area (Å²) in [6.07, 6.45) is 4.11. The second-order valence-corrected chi connectivity index (χ2v) is 6.01. The number of methoxy groups -OCH3 is 1. The first-order valence-corrected chi connectivity index (χ1v) is 7.61. The largest absolute Gasteiger partial charge is 0.496 e. The van der Waals surface area contributed by atoms with Crippen LogP contribution in [0.2, 0.25) is 0 Å². The van der Waals surface area contributed by atoms with Crippen LogP contribution >= 0.6 is 15.9 Å². The van der Waals surface area contributed by atoms with Gasteiger partial charge in [-0.05, 0) is 59.9 Å². The third kappa shape index (κ3) is 4.48. The number of likely N-dealkylation sites (N-methyl/N-ethyl adjacent to an activating group) is 1. The van der Waals surface area contributed by atoms with Crippen molar-refractivity contribution in [1.29, 1.82) is 0 Å². The molecular weight excluding hydrogens is 306 g/mol. The lowest BCUT2D eigenvalue weighted by molar-refractivity contribution is -0.00259. The van der Waals surface area contributed by atoms with Crippen molar-refractivity contribution in [3.8, 4) is 5.75 Å². The van der Waals surface area contributed by atoms with E-state index in [-0.39, 0.29) is 0 Å². The maximum atomic E-state index is 5.78. The van der Waals surface area contributed by atoms with E-state index in [9.17, 15) is 0 Å². The van der Waals surface area contributed by atoms with E-state index in [1.54, 1.807) is 7.11 Å². The van der Waals surface area contributed by atoms with Crippen LogP contribution in [0.4, 0.5) is 0 Å². The molecule has 1 aliphatic rings. The third-order valence-corrected chi connectivity index (χ3v) is 4.08. The van der Waals surface area contributed by atoms with Gasteiger partial charge in [-0.25, -0.2) is 0 Å². The summed E-state index contributed by atoms with van der Waals surface area (Å²) in [5.41, 5.74) is 1.28. The maximum Gasteiger partial charge on any atom is 0.133 e. The molecule has 3 nitrogen and oxygen atoms in total. The molecule has 106 valence electrons. The van der Waals surface area contributed by atoms with Gasteiger partial charge in [0.1, 0.15) is 5.75 Å². The number of rotatable bonds is 5. The normalized spacial score (nSPS) is 19.7. The summed E-state index contributed by atoms with van der Waals surface area (Å²) in [5, 5.41) is 0. The molecule has 0 saturated carbocycles. The minimum atomic E-state index is 0.403. The van der Waals surface area contributed by atoms with Crippen LogP contribution in [-0.2, 0) is 11.3 Å². The van der Waals surface area contributed by atoms with E-state index in [4.69, 9.17) is 9.47 Å². The molecule has 2 rings (SSSR count). The van der Waals surface area contributed by atoms with Crippen LogP contribution in [0.1, 0.15) is 24.8 Å². The Morgan fingerprint density at radius 1 is 1.42 bits per heavy atom. The highest BCUT2D eigenvalue weighted by atomic mass is 79.9. The fraction of sp³-hybridized carbons (Fsp3) is 0.600. The molecule has 1 aliphatic heterocycles. The molecule has 4 heteroatoms. The van der Waals surface area contributed by atoms with Crippen molar-refractivity contribution in [2.75, 3.05) is 27.3 Å². The molecule has 19 heavy (non-hydrogen) atoms. The van der Waals surface area contributed by atoms with Gasteiger partial charge >= 0.3 is 0 Å². The standard InChI is InChI=1S/C15H22BrNO2/c1-17(11-13-5-3-4-8-19-13)10-12-6-7-15(18-2)14(16)9-12/h6-7,9,13H,3-5,8,10-11H2,1-2H3. The number of halogens is 1. The van der Waals surface area contributed by atoms with Crippen molar-refractivity contribution in [2.24, 2.45) is 0 Å². The molecule has 0 amide bonds. The Morgan fingerprint density at radius 2 is 2.26 bits per heavy atom. The molecule has 0 aliphatic carbocycles. The van der Waals surface area contributed by atoms with Crippen molar-refractivity contribution in [3.63, 3.8) is 0 Å². The number of ether oxygens (including phenoxy) is 2. The summed E-state index contributed by atoms with van der Waals surface area (Å²) >= 11 is 3.53. The molecule has 1 aromatic rings. The molecule has 0 spiro atoms. The second kappa shape index (κ2) is 7.27. The maximum absolute atomic E-state index is 5.78. The van der Waals surface area contributed by atoms with Crippen LogP contribution in [0.25, 0.3) is 0 Å². The minimum absolute atomic E-state index is 0.403. The number of nitrogens with zero attached hydrogens (tertiary/aromatic N) is 1. The van der Waals surface area contributed by atoms with Crippen molar-refractivity contribution >= 4 is 15.9 Å². The fourth-order valence-electron chi connectivity index (χ4n) is 2.48. The Kier molecular flexibility index (Phi) is 5.67. The van der Waals surface area contributed by atoms with Crippen molar-refractivity contribution in [3.05, 3.63) is 28.2 Å². The average molecular weight is 328 g/mol. The molecule has 1 unspecified atom stereocenters. The predicted molar refractivity (Wildman–Crippen MR) is 80.6 cm³/mol. The molecule has 0 radical (unpaired) electrons. The number of hydrogen-bond acceptors (Lipinski definition) is 3. The van der Waals surface area contributed by atoms with E-state index in [1.165, 1.54) is 24.8 Å². The molecule has 0 bridgehead atoms. The van der Waals surface area contributed by atoms with E-state index in [2.05, 4.69) is 40.0 Å². The first-order chi connectivity index (χ1) is 9.19. The zero-order valence-corrected chi connectivity index (χ0v) is 13.3. The molecule has 1 atom stereocenters. The Balaban J connectivity index is 1.87.